The second-order valence-electron chi connectivity index (χ2n) is 12.6. The van der Waals surface area contributed by atoms with Crippen molar-refractivity contribution in [1.82, 2.24) is 15.6 Å². The molecule has 2 saturated heterocycles. The number of hydrogen-bond acceptors (Lipinski definition) is 7. The van der Waals surface area contributed by atoms with E-state index in [0.717, 1.165) is 57.2 Å². The molecule has 224 valence electrons. The first-order valence-corrected chi connectivity index (χ1v) is 15.6. The quantitative estimate of drug-likeness (QED) is 0.324. The van der Waals surface area contributed by atoms with Crippen molar-refractivity contribution in [3.63, 3.8) is 0 Å². The zero-order valence-corrected chi connectivity index (χ0v) is 24.1. The number of nitrogens with zero attached hydrogens (tertiary/aromatic N) is 2. The molecule has 4 fully saturated rings. The SMILES string of the molecule is NC(=O)c1ccc(C(=O)NC2CC3CCC(C2)N3c2ccc(C(=O)NC3CCCC3)cn2)cc1N[C@H]1CC[C@H](O)CC1. The Kier molecular flexibility index (Phi) is 8.33. The van der Waals surface area contributed by atoms with Gasteiger partial charge in [-0.15, -0.1) is 0 Å². The number of hydrogen-bond donors (Lipinski definition) is 5. The number of anilines is 2. The third kappa shape index (κ3) is 6.23. The molecule has 1 aromatic carbocycles. The van der Waals surface area contributed by atoms with Crippen molar-refractivity contribution in [3.05, 3.63) is 53.2 Å². The van der Waals surface area contributed by atoms with Gasteiger partial charge in [0.05, 0.1) is 17.2 Å². The van der Waals surface area contributed by atoms with Gasteiger partial charge in [0.25, 0.3) is 17.7 Å². The second kappa shape index (κ2) is 12.3. The Morgan fingerprint density at radius 2 is 1.43 bits per heavy atom. The molecule has 42 heavy (non-hydrogen) atoms. The number of nitrogens with two attached hydrogens (primary N) is 1. The third-order valence-electron chi connectivity index (χ3n) is 9.64. The lowest BCUT2D eigenvalue weighted by atomic mass is 9.92. The van der Waals surface area contributed by atoms with Crippen LogP contribution in [0.5, 0.6) is 0 Å². The Balaban J connectivity index is 1.08. The van der Waals surface area contributed by atoms with Crippen LogP contribution in [-0.2, 0) is 0 Å². The topological polar surface area (TPSA) is 150 Å². The van der Waals surface area contributed by atoms with E-state index < -0.39 is 5.91 Å². The van der Waals surface area contributed by atoms with Gasteiger partial charge in [0.1, 0.15) is 5.82 Å². The standard InChI is InChI=1S/C32H42N6O4/c33-30(40)27-13-5-19(15-28(27)35-22-7-11-26(39)12-8-22)31(41)37-23-16-24-9-10-25(17-23)38(24)29-14-6-20(18-34-29)32(42)36-21-3-1-2-4-21/h5-6,13-15,18,21-26,35,39H,1-4,7-12,16-17H2,(H2,33,40)(H,36,42)(H,37,41)/t22-,23?,24?,25?,26-. The minimum absolute atomic E-state index is 0.0368. The predicted molar refractivity (Wildman–Crippen MR) is 161 cm³/mol. The summed E-state index contributed by atoms with van der Waals surface area (Å²) in [7, 11) is 0. The summed E-state index contributed by atoms with van der Waals surface area (Å²) in [5.41, 5.74) is 7.63. The van der Waals surface area contributed by atoms with Gasteiger partial charge in [-0.3, -0.25) is 14.4 Å². The number of aromatic nitrogens is 1. The molecular formula is C32H42N6O4. The van der Waals surface area contributed by atoms with Crippen molar-refractivity contribution < 1.29 is 19.5 Å². The molecule has 3 heterocycles. The smallest absolute Gasteiger partial charge is 0.253 e. The summed E-state index contributed by atoms with van der Waals surface area (Å²) in [5, 5.41) is 19.6. The third-order valence-corrected chi connectivity index (χ3v) is 9.64. The van der Waals surface area contributed by atoms with E-state index in [1.54, 1.807) is 24.4 Å². The minimum Gasteiger partial charge on any atom is -0.393 e. The predicted octanol–water partition coefficient (Wildman–Crippen LogP) is 3.50. The van der Waals surface area contributed by atoms with Crippen LogP contribution in [0.2, 0.25) is 0 Å². The zero-order chi connectivity index (χ0) is 29.2. The molecule has 10 nitrogen and oxygen atoms in total. The zero-order valence-electron chi connectivity index (χ0n) is 24.1. The first-order chi connectivity index (χ1) is 20.3. The number of pyridine rings is 1. The van der Waals surface area contributed by atoms with Gasteiger partial charge in [-0.05, 0) is 94.5 Å². The first-order valence-electron chi connectivity index (χ1n) is 15.6. The highest BCUT2D eigenvalue weighted by atomic mass is 16.3. The lowest BCUT2D eigenvalue weighted by Crippen LogP contribution is -2.50. The molecule has 1 aromatic heterocycles. The molecule has 2 aliphatic carbocycles. The summed E-state index contributed by atoms with van der Waals surface area (Å²) in [5.74, 6) is 0.129. The molecule has 10 heteroatoms. The van der Waals surface area contributed by atoms with Crippen LogP contribution >= 0.6 is 0 Å². The molecule has 2 unspecified atom stereocenters. The number of fused-ring (bicyclic) bond motifs is 2. The Morgan fingerprint density at radius 3 is 2.07 bits per heavy atom. The molecular weight excluding hydrogens is 532 g/mol. The van der Waals surface area contributed by atoms with Crippen molar-refractivity contribution in [2.45, 2.75) is 113 Å². The van der Waals surface area contributed by atoms with E-state index in [2.05, 4.69) is 25.8 Å². The Bertz CT molecular complexity index is 1290. The molecule has 2 atom stereocenters. The van der Waals surface area contributed by atoms with Crippen LogP contribution in [-0.4, -0.2) is 64.1 Å². The lowest BCUT2D eigenvalue weighted by Gasteiger charge is -2.40. The van der Waals surface area contributed by atoms with E-state index in [1.807, 2.05) is 12.1 Å². The number of carbonyl (C=O) groups is 3. The van der Waals surface area contributed by atoms with Gasteiger partial charge in [-0.25, -0.2) is 4.98 Å². The summed E-state index contributed by atoms with van der Waals surface area (Å²) in [6, 6.07) is 9.80. The van der Waals surface area contributed by atoms with E-state index in [4.69, 9.17) is 5.73 Å². The summed E-state index contributed by atoms with van der Waals surface area (Å²) >= 11 is 0. The highest BCUT2D eigenvalue weighted by molar-refractivity contribution is 6.02. The van der Waals surface area contributed by atoms with Gasteiger partial charge in [0.15, 0.2) is 0 Å². The summed E-state index contributed by atoms with van der Waals surface area (Å²) in [4.78, 5) is 45.1. The fourth-order valence-corrected chi connectivity index (χ4v) is 7.41. The van der Waals surface area contributed by atoms with Gasteiger partial charge < -0.3 is 31.7 Å². The molecule has 2 saturated carbocycles. The molecule has 6 N–H and O–H groups in total. The number of primary amides is 1. The number of aliphatic hydroxyl groups excluding tert-OH is 1. The van der Waals surface area contributed by atoms with E-state index in [1.165, 1.54) is 12.8 Å². The van der Waals surface area contributed by atoms with Crippen molar-refractivity contribution in [2.24, 2.45) is 5.73 Å². The minimum atomic E-state index is -0.541. The summed E-state index contributed by atoms with van der Waals surface area (Å²) in [6.45, 7) is 0. The Labute approximate surface area is 246 Å². The maximum Gasteiger partial charge on any atom is 0.253 e. The van der Waals surface area contributed by atoms with Gasteiger partial charge in [-0.1, -0.05) is 12.8 Å². The number of amides is 3. The number of rotatable bonds is 8. The number of aliphatic hydroxyl groups is 1. The van der Waals surface area contributed by atoms with E-state index in [9.17, 15) is 19.5 Å². The number of nitrogens with one attached hydrogen (secondary N) is 3. The average molecular weight is 575 g/mol. The van der Waals surface area contributed by atoms with E-state index in [-0.39, 0.29) is 48.1 Å². The summed E-state index contributed by atoms with van der Waals surface area (Å²) in [6.07, 6.45) is 12.6. The highest BCUT2D eigenvalue weighted by Gasteiger charge is 2.42. The highest BCUT2D eigenvalue weighted by Crippen LogP contribution is 2.39. The van der Waals surface area contributed by atoms with E-state index in [0.29, 0.717) is 35.2 Å². The first kappa shape index (κ1) is 28.5. The maximum absolute atomic E-state index is 13.3. The van der Waals surface area contributed by atoms with Gasteiger partial charge in [0.2, 0.25) is 0 Å². The van der Waals surface area contributed by atoms with Crippen LogP contribution in [0, 0.1) is 0 Å². The fourth-order valence-electron chi connectivity index (χ4n) is 7.41. The molecule has 4 aliphatic rings. The average Bonchev–Trinajstić information content (AvgIpc) is 3.59. The Morgan fingerprint density at radius 1 is 0.786 bits per heavy atom. The van der Waals surface area contributed by atoms with Crippen LogP contribution in [0.15, 0.2) is 36.5 Å². The van der Waals surface area contributed by atoms with Crippen LogP contribution < -0.4 is 26.6 Å². The number of carbonyl (C=O) groups excluding carboxylic acids is 3. The molecule has 6 rings (SSSR count). The fraction of sp³-hybridized carbons (Fsp3) is 0.562. The molecule has 2 aromatic rings. The monoisotopic (exact) mass is 574 g/mol. The van der Waals surface area contributed by atoms with Gasteiger partial charge >= 0.3 is 0 Å². The van der Waals surface area contributed by atoms with Crippen molar-refractivity contribution >= 4 is 29.2 Å². The van der Waals surface area contributed by atoms with E-state index >= 15 is 0 Å². The molecule has 3 amide bonds. The van der Waals surface area contributed by atoms with Crippen LogP contribution in [0.25, 0.3) is 0 Å². The van der Waals surface area contributed by atoms with Crippen molar-refractivity contribution in [2.75, 3.05) is 10.2 Å². The van der Waals surface area contributed by atoms with Crippen LogP contribution in [0.4, 0.5) is 11.5 Å². The lowest BCUT2D eigenvalue weighted by molar-refractivity contribution is 0.0922. The van der Waals surface area contributed by atoms with Crippen molar-refractivity contribution in [1.29, 1.82) is 0 Å². The normalized spacial score (nSPS) is 27.5. The van der Waals surface area contributed by atoms with Crippen LogP contribution in [0.3, 0.4) is 0 Å². The number of piperidine rings is 1. The van der Waals surface area contributed by atoms with Crippen molar-refractivity contribution in [3.8, 4) is 0 Å². The molecule has 0 radical (unpaired) electrons. The van der Waals surface area contributed by atoms with Gasteiger partial charge in [-0.2, -0.15) is 0 Å². The molecule has 0 spiro atoms. The van der Waals surface area contributed by atoms with Gasteiger partial charge in [0, 0.05) is 47.7 Å². The molecule has 2 aliphatic heterocycles. The summed E-state index contributed by atoms with van der Waals surface area (Å²) < 4.78 is 0. The Hall–Kier alpha value is -3.66. The molecule has 2 bridgehead atoms. The number of benzene rings is 1. The maximum atomic E-state index is 13.3. The van der Waals surface area contributed by atoms with Crippen LogP contribution in [0.1, 0.15) is 108 Å². The largest absolute Gasteiger partial charge is 0.393 e. The second-order valence-corrected chi connectivity index (χ2v) is 12.6.